The number of ether oxygens (including phenoxy) is 2. The van der Waals surface area contributed by atoms with E-state index in [0.29, 0.717) is 16.9 Å². The van der Waals surface area contributed by atoms with Crippen LogP contribution in [0.1, 0.15) is 26.3 Å². The molecule has 0 aliphatic heterocycles. The van der Waals surface area contributed by atoms with Gasteiger partial charge < -0.3 is 9.47 Å². The summed E-state index contributed by atoms with van der Waals surface area (Å²) in [6.07, 6.45) is 0. The molecule has 0 fully saturated rings. The van der Waals surface area contributed by atoms with Gasteiger partial charge in [-0.2, -0.15) is 0 Å². The van der Waals surface area contributed by atoms with Crippen molar-refractivity contribution in [2.75, 3.05) is 7.11 Å². The molecule has 130 valence electrons. The number of hydrogen-bond acceptors (Lipinski definition) is 4. The molecule has 0 aliphatic carbocycles. The van der Waals surface area contributed by atoms with Crippen LogP contribution in [-0.2, 0) is 4.74 Å². The van der Waals surface area contributed by atoms with Crippen LogP contribution in [0.2, 0.25) is 0 Å². The van der Waals surface area contributed by atoms with Crippen LogP contribution < -0.4 is 4.74 Å². The summed E-state index contributed by atoms with van der Waals surface area (Å²) in [6, 6.07) is 21.7. The summed E-state index contributed by atoms with van der Waals surface area (Å²) in [7, 11) is 1.32. The third-order valence-electron chi connectivity index (χ3n) is 3.99. The first-order chi connectivity index (χ1) is 12.6. The van der Waals surface area contributed by atoms with Crippen molar-refractivity contribution >= 4 is 11.9 Å². The normalized spacial score (nSPS) is 10.2. The molecule has 0 bridgehead atoms. The van der Waals surface area contributed by atoms with Crippen molar-refractivity contribution in [2.24, 2.45) is 0 Å². The highest BCUT2D eigenvalue weighted by molar-refractivity contribution is 5.92. The van der Waals surface area contributed by atoms with Crippen molar-refractivity contribution in [1.29, 1.82) is 0 Å². The fourth-order valence-corrected chi connectivity index (χ4v) is 2.49. The molecule has 0 aliphatic rings. The van der Waals surface area contributed by atoms with E-state index in [1.165, 1.54) is 12.7 Å². The zero-order chi connectivity index (χ0) is 18.5. The van der Waals surface area contributed by atoms with E-state index in [1.54, 1.807) is 36.4 Å². The van der Waals surface area contributed by atoms with Gasteiger partial charge in [0.2, 0.25) is 0 Å². The first-order valence-electron chi connectivity index (χ1n) is 8.14. The van der Waals surface area contributed by atoms with Crippen molar-refractivity contribution in [3.63, 3.8) is 0 Å². The number of benzene rings is 3. The van der Waals surface area contributed by atoms with Gasteiger partial charge in [-0.15, -0.1) is 0 Å². The standard InChI is InChI=1S/C22H18O4/c1-15-3-5-16(6-4-15)17-7-9-19(10-8-17)22(24)26-20-13-11-18(12-14-20)21(23)25-2/h3-14H,1-2H3. The van der Waals surface area contributed by atoms with Crippen molar-refractivity contribution in [3.8, 4) is 16.9 Å². The summed E-state index contributed by atoms with van der Waals surface area (Å²) >= 11 is 0. The van der Waals surface area contributed by atoms with Crippen LogP contribution in [0.3, 0.4) is 0 Å². The van der Waals surface area contributed by atoms with Crippen molar-refractivity contribution in [2.45, 2.75) is 6.92 Å². The van der Waals surface area contributed by atoms with Gasteiger partial charge >= 0.3 is 11.9 Å². The number of hydrogen-bond donors (Lipinski definition) is 0. The Balaban J connectivity index is 1.70. The summed E-state index contributed by atoms with van der Waals surface area (Å²) in [6.45, 7) is 2.04. The Kier molecular flexibility index (Phi) is 5.13. The summed E-state index contributed by atoms with van der Waals surface area (Å²) in [5.74, 6) is -0.522. The lowest BCUT2D eigenvalue weighted by molar-refractivity contribution is 0.0600. The second-order valence-corrected chi connectivity index (χ2v) is 5.85. The van der Waals surface area contributed by atoms with Crippen LogP contribution >= 0.6 is 0 Å². The summed E-state index contributed by atoms with van der Waals surface area (Å²) in [5.41, 5.74) is 4.18. The van der Waals surface area contributed by atoms with Gasteiger partial charge in [0.1, 0.15) is 5.75 Å². The highest BCUT2D eigenvalue weighted by Crippen LogP contribution is 2.21. The zero-order valence-corrected chi connectivity index (χ0v) is 14.6. The zero-order valence-electron chi connectivity index (χ0n) is 14.6. The maximum absolute atomic E-state index is 12.3. The quantitative estimate of drug-likeness (QED) is 0.509. The molecule has 26 heavy (non-hydrogen) atoms. The molecule has 0 atom stereocenters. The number of rotatable bonds is 4. The van der Waals surface area contributed by atoms with E-state index in [1.807, 2.05) is 31.2 Å². The molecule has 3 aromatic rings. The Labute approximate surface area is 152 Å². The average Bonchev–Trinajstić information content (AvgIpc) is 2.68. The molecule has 0 radical (unpaired) electrons. The van der Waals surface area contributed by atoms with Gasteiger partial charge in [-0.25, -0.2) is 9.59 Å². The number of carbonyl (C=O) groups is 2. The van der Waals surface area contributed by atoms with Gasteiger partial charge in [0.15, 0.2) is 0 Å². The molecule has 0 N–H and O–H groups in total. The van der Waals surface area contributed by atoms with Crippen LogP contribution in [0.4, 0.5) is 0 Å². The molecule has 0 saturated carbocycles. The molecule has 0 amide bonds. The maximum Gasteiger partial charge on any atom is 0.343 e. The van der Waals surface area contributed by atoms with E-state index in [4.69, 9.17) is 4.74 Å². The largest absolute Gasteiger partial charge is 0.465 e. The van der Waals surface area contributed by atoms with E-state index < -0.39 is 11.9 Å². The molecule has 0 unspecified atom stereocenters. The van der Waals surface area contributed by atoms with Gasteiger partial charge in [0.05, 0.1) is 18.2 Å². The highest BCUT2D eigenvalue weighted by Gasteiger charge is 2.10. The van der Waals surface area contributed by atoms with Crippen LogP contribution in [0.5, 0.6) is 5.75 Å². The fourth-order valence-electron chi connectivity index (χ4n) is 2.49. The predicted molar refractivity (Wildman–Crippen MR) is 99.4 cm³/mol. The molecular formula is C22H18O4. The van der Waals surface area contributed by atoms with Gasteiger partial charge in [-0.3, -0.25) is 0 Å². The highest BCUT2D eigenvalue weighted by atomic mass is 16.5. The Morgan fingerprint density at radius 3 is 1.65 bits per heavy atom. The Hall–Kier alpha value is -3.40. The Morgan fingerprint density at radius 1 is 0.654 bits per heavy atom. The maximum atomic E-state index is 12.3. The second kappa shape index (κ2) is 7.66. The summed E-state index contributed by atoms with van der Waals surface area (Å²) in [4.78, 5) is 23.7. The molecule has 0 aromatic heterocycles. The summed E-state index contributed by atoms with van der Waals surface area (Å²) in [5, 5.41) is 0. The van der Waals surface area contributed by atoms with Crippen molar-refractivity contribution in [1.82, 2.24) is 0 Å². The Morgan fingerprint density at radius 2 is 1.12 bits per heavy atom. The topological polar surface area (TPSA) is 52.6 Å². The number of aryl methyl sites for hydroxylation is 1. The lowest BCUT2D eigenvalue weighted by Crippen LogP contribution is -2.08. The SMILES string of the molecule is COC(=O)c1ccc(OC(=O)c2ccc(-c3ccc(C)cc3)cc2)cc1. The fraction of sp³-hybridized carbons (Fsp3) is 0.0909. The first-order valence-corrected chi connectivity index (χ1v) is 8.14. The molecule has 3 aromatic carbocycles. The van der Waals surface area contributed by atoms with Gasteiger partial charge in [-0.05, 0) is 54.4 Å². The smallest absolute Gasteiger partial charge is 0.343 e. The monoisotopic (exact) mass is 346 g/mol. The minimum absolute atomic E-state index is 0.366. The predicted octanol–water partition coefficient (Wildman–Crippen LogP) is 4.67. The molecular weight excluding hydrogens is 328 g/mol. The molecule has 0 spiro atoms. The van der Waals surface area contributed by atoms with Crippen molar-refractivity contribution in [3.05, 3.63) is 89.5 Å². The minimum atomic E-state index is -0.453. The Bertz CT molecular complexity index is 908. The van der Waals surface area contributed by atoms with E-state index in [9.17, 15) is 9.59 Å². The summed E-state index contributed by atoms with van der Waals surface area (Å²) < 4.78 is 9.97. The van der Waals surface area contributed by atoms with Crippen LogP contribution in [0.25, 0.3) is 11.1 Å². The molecule has 3 rings (SSSR count). The minimum Gasteiger partial charge on any atom is -0.465 e. The first kappa shape index (κ1) is 17.4. The number of carbonyl (C=O) groups excluding carboxylic acids is 2. The molecule has 4 heteroatoms. The van der Waals surface area contributed by atoms with Gasteiger partial charge in [0.25, 0.3) is 0 Å². The van der Waals surface area contributed by atoms with Gasteiger partial charge in [-0.1, -0.05) is 42.0 Å². The van der Waals surface area contributed by atoms with Crippen LogP contribution in [0.15, 0.2) is 72.8 Å². The third kappa shape index (κ3) is 3.98. The van der Waals surface area contributed by atoms with Crippen LogP contribution in [0, 0.1) is 6.92 Å². The van der Waals surface area contributed by atoms with Crippen molar-refractivity contribution < 1.29 is 19.1 Å². The lowest BCUT2D eigenvalue weighted by atomic mass is 10.0. The molecule has 0 heterocycles. The van der Waals surface area contributed by atoms with E-state index in [-0.39, 0.29) is 0 Å². The van der Waals surface area contributed by atoms with E-state index in [2.05, 4.69) is 16.9 Å². The number of esters is 2. The molecule has 4 nitrogen and oxygen atoms in total. The van der Waals surface area contributed by atoms with E-state index >= 15 is 0 Å². The average molecular weight is 346 g/mol. The van der Waals surface area contributed by atoms with Crippen LogP contribution in [-0.4, -0.2) is 19.0 Å². The van der Waals surface area contributed by atoms with E-state index in [0.717, 1.165) is 11.1 Å². The number of methoxy groups -OCH3 is 1. The molecule has 0 saturated heterocycles. The lowest BCUT2D eigenvalue weighted by Gasteiger charge is -2.07. The second-order valence-electron chi connectivity index (χ2n) is 5.85. The third-order valence-corrected chi connectivity index (χ3v) is 3.99. The van der Waals surface area contributed by atoms with Gasteiger partial charge in [0, 0.05) is 0 Å².